The van der Waals surface area contributed by atoms with Crippen molar-refractivity contribution in [3.05, 3.63) is 41.7 Å². The normalized spacial score (nSPS) is 10.2. The van der Waals surface area contributed by atoms with Crippen LogP contribution in [0.3, 0.4) is 0 Å². The van der Waals surface area contributed by atoms with Crippen LogP contribution in [0.15, 0.2) is 30.5 Å². The number of nitrogens with zero attached hydrogens (tertiary/aromatic N) is 3. The van der Waals surface area contributed by atoms with Gasteiger partial charge in [0.05, 0.1) is 36.7 Å². The summed E-state index contributed by atoms with van der Waals surface area (Å²) in [6, 6.07) is 6.52. The summed E-state index contributed by atoms with van der Waals surface area (Å²) in [6.07, 6.45) is 1.17. The zero-order valence-corrected chi connectivity index (χ0v) is 10.1. The standard InChI is InChI=1S/C12H11N3O4/c1-19-12(18)8-3-2-4-9(5-8)15-10(6-11(16)17)7-13-14-15/h2-5,7H,6H2,1H3,(H,16,17). The van der Waals surface area contributed by atoms with Crippen LogP contribution in [0.5, 0.6) is 0 Å². The minimum absolute atomic E-state index is 0.199. The van der Waals surface area contributed by atoms with Gasteiger partial charge >= 0.3 is 11.9 Å². The van der Waals surface area contributed by atoms with Crippen LogP contribution in [0, 0.1) is 0 Å². The van der Waals surface area contributed by atoms with Gasteiger partial charge in [-0.3, -0.25) is 4.79 Å². The SMILES string of the molecule is COC(=O)c1cccc(-n2nncc2CC(=O)O)c1. The zero-order valence-electron chi connectivity index (χ0n) is 10.1. The average Bonchev–Trinajstić information content (AvgIpc) is 2.85. The number of hydrogen-bond donors (Lipinski definition) is 1. The lowest BCUT2D eigenvalue weighted by Gasteiger charge is -2.06. The second kappa shape index (κ2) is 5.30. The van der Waals surface area contributed by atoms with Crippen molar-refractivity contribution in [2.24, 2.45) is 0 Å². The number of aromatic nitrogens is 3. The van der Waals surface area contributed by atoms with Crippen molar-refractivity contribution in [3.63, 3.8) is 0 Å². The van der Waals surface area contributed by atoms with Crippen LogP contribution in [-0.2, 0) is 16.0 Å². The Labute approximate surface area is 108 Å². The van der Waals surface area contributed by atoms with E-state index in [9.17, 15) is 9.59 Å². The fraction of sp³-hybridized carbons (Fsp3) is 0.167. The summed E-state index contributed by atoms with van der Waals surface area (Å²) in [5.74, 6) is -1.45. The summed E-state index contributed by atoms with van der Waals surface area (Å²) in [4.78, 5) is 22.2. The Morgan fingerprint density at radius 3 is 2.89 bits per heavy atom. The van der Waals surface area contributed by atoms with Crippen molar-refractivity contribution >= 4 is 11.9 Å². The van der Waals surface area contributed by atoms with Crippen molar-refractivity contribution in [2.45, 2.75) is 6.42 Å². The number of carbonyl (C=O) groups is 2. The second-order valence-electron chi connectivity index (χ2n) is 3.75. The maximum atomic E-state index is 11.4. The maximum absolute atomic E-state index is 11.4. The van der Waals surface area contributed by atoms with Gasteiger partial charge < -0.3 is 9.84 Å². The Morgan fingerprint density at radius 1 is 1.42 bits per heavy atom. The highest BCUT2D eigenvalue weighted by Gasteiger charge is 2.12. The number of hydrogen-bond acceptors (Lipinski definition) is 5. The van der Waals surface area contributed by atoms with Crippen LogP contribution in [-0.4, -0.2) is 39.1 Å². The Balaban J connectivity index is 2.39. The number of carbonyl (C=O) groups excluding carboxylic acids is 1. The van der Waals surface area contributed by atoms with Gasteiger partial charge in [0.15, 0.2) is 0 Å². The Morgan fingerprint density at radius 2 is 2.21 bits per heavy atom. The van der Waals surface area contributed by atoms with E-state index in [-0.39, 0.29) is 6.42 Å². The van der Waals surface area contributed by atoms with Gasteiger partial charge in [0, 0.05) is 0 Å². The first-order chi connectivity index (χ1) is 9.11. The molecule has 0 atom stereocenters. The van der Waals surface area contributed by atoms with Crippen LogP contribution in [0.25, 0.3) is 5.69 Å². The molecule has 0 radical (unpaired) electrons. The van der Waals surface area contributed by atoms with Gasteiger partial charge in [-0.1, -0.05) is 11.3 Å². The highest BCUT2D eigenvalue weighted by atomic mass is 16.5. The van der Waals surface area contributed by atoms with Crippen molar-refractivity contribution in [2.75, 3.05) is 7.11 Å². The molecule has 0 amide bonds. The lowest BCUT2D eigenvalue weighted by atomic mass is 10.2. The van der Waals surface area contributed by atoms with Crippen LogP contribution >= 0.6 is 0 Å². The quantitative estimate of drug-likeness (QED) is 0.813. The highest BCUT2D eigenvalue weighted by molar-refractivity contribution is 5.89. The number of rotatable bonds is 4. The average molecular weight is 261 g/mol. The molecule has 0 saturated carbocycles. The number of carboxylic acids is 1. The first-order valence-electron chi connectivity index (χ1n) is 5.42. The minimum atomic E-state index is -0.979. The summed E-state index contributed by atoms with van der Waals surface area (Å²) in [5, 5.41) is 16.3. The summed E-state index contributed by atoms with van der Waals surface area (Å²) in [7, 11) is 1.29. The van der Waals surface area contributed by atoms with Gasteiger partial charge in [-0.25, -0.2) is 9.48 Å². The van der Waals surface area contributed by atoms with Crippen LogP contribution in [0.1, 0.15) is 16.1 Å². The Hall–Kier alpha value is -2.70. The van der Waals surface area contributed by atoms with Gasteiger partial charge in [-0.05, 0) is 18.2 Å². The molecule has 0 saturated heterocycles. The van der Waals surface area contributed by atoms with Gasteiger partial charge in [0.25, 0.3) is 0 Å². The first-order valence-corrected chi connectivity index (χ1v) is 5.42. The van der Waals surface area contributed by atoms with Gasteiger partial charge in [0.2, 0.25) is 0 Å². The third-order valence-electron chi connectivity index (χ3n) is 2.46. The number of carboxylic acid groups (broad SMARTS) is 1. The molecule has 0 aliphatic carbocycles. The third-order valence-corrected chi connectivity index (χ3v) is 2.46. The van der Waals surface area contributed by atoms with Crippen LogP contribution < -0.4 is 0 Å². The number of benzene rings is 1. The summed E-state index contributed by atoms with van der Waals surface area (Å²) in [6.45, 7) is 0. The van der Waals surface area contributed by atoms with E-state index in [0.717, 1.165) is 0 Å². The van der Waals surface area contributed by atoms with E-state index in [2.05, 4.69) is 15.0 Å². The summed E-state index contributed by atoms with van der Waals surface area (Å²) in [5.41, 5.74) is 1.34. The fourth-order valence-corrected chi connectivity index (χ4v) is 1.63. The lowest BCUT2D eigenvalue weighted by Crippen LogP contribution is -2.09. The molecule has 0 fully saturated rings. The number of methoxy groups -OCH3 is 1. The van der Waals surface area contributed by atoms with Crippen molar-refractivity contribution < 1.29 is 19.4 Å². The third kappa shape index (κ3) is 2.76. The van der Waals surface area contributed by atoms with E-state index in [4.69, 9.17) is 5.11 Å². The van der Waals surface area contributed by atoms with E-state index in [1.165, 1.54) is 18.0 Å². The Bertz CT molecular complexity index is 621. The minimum Gasteiger partial charge on any atom is -0.481 e. The molecule has 0 unspecified atom stereocenters. The molecule has 98 valence electrons. The largest absolute Gasteiger partial charge is 0.481 e. The highest BCUT2D eigenvalue weighted by Crippen LogP contribution is 2.13. The van der Waals surface area contributed by atoms with Gasteiger partial charge in [-0.2, -0.15) is 0 Å². The molecule has 7 nitrogen and oxygen atoms in total. The van der Waals surface area contributed by atoms with E-state index in [0.29, 0.717) is 16.9 Å². The van der Waals surface area contributed by atoms with Gasteiger partial charge in [-0.15, -0.1) is 5.10 Å². The number of aliphatic carboxylic acids is 1. The molecular weight excluding hydrogens is 250 g/mol. The number of ether oxygens (including phenoxy) is 1. The van der Waals surface area contributed by atoms with Crippen LogP contribution in [0.4, 0.5) is 0 Å². The van der Waals surface area contributed by atoms with Crippen LogP contribution in [0.2, 0.25) is 0 Å². The molecule has 7 heteroatoms. The predicted molar refractivity (Wildman–Crippen MR) is 64.0 cm³/mol. The van der Waals surface area contributed by atoms with E-state index in [1.807, 2.05) is 0 Å². The maximum Gasteiger partial charge on any atom is 0.337 e. The van der Waals surface area contributed by atoms with E-state index >= 15 is 0 Å². The molecule has 1 aromatic heterocycles. The predicted octanol–water partition coefficient (Wildman–Crippen LogP) is 0.681. The molecule has 1 N–H and O–H groups in total. The van der Waals surface area contributed by atoms with Gasteiger partial charge in [0.1, 0.15) is 0 Å². The van der Waals surface area contributed by atoms with Crippen molar-refractivity contribution in [1.29, 1.82) is 0 Å². The summed E-state index contributed by atoms with van der Waals surface area (Å²) >= 11 is 0. The molecule has 1 heterocycles. The first kappa shape index (κ1) is 12.7. The molecule has 0 aliphatic heterocycles. The smallest absolute Gasteiger partial charge is 0.337 e. The molecule has 19 heavy (non-hydrogen) atoms. The van der Waals surface area contributed by atoms with E-state index < -0.39 is 11.9 Å². The molecule has 0 aliphatic rings. The molecule has 0 spiro atoms. The van der Waals surface area contributed by atoms with E-state index in [1.54, 1.807) is 24.3 Å². The van der Waals surface area contributed by atoms with Crippen molar-refractivity contribution in [1.82, 2.24) is 15.0 Å². The molecule has 0 bridgehead atoms. The van der Waals surface area contributed by atoms with Crippen molar-refractivity contribution in [3.8, 4) is 5.69 Å². The number of esters is 1. The second-order valence-corrected chi connectivity index (χ2v) is 3.75. The fourth-order valence-electron chi connectivity index (χ4n) is 1.63. The Kier molecular flexibility index (Phi) is 3.56. The molecule has 2 aromatic rings. The topological polar surface area (TPSA) is 94.3 Å². The molecular formula is C12H11N3O4. The lowest BCUT2D eigenvalue weighted by molar-refractivity contribution is -0.136. The molecule has 2 rings (SSSR count). The molecule has 1 aromatic carbocycles. The monoisotopic (exact) mass is 261 g/mol. The zero-order chi connectivity index (χ0) is 13.8. The summed E-state index contributed by atoms with van der Waals surface area (Å²) < 4.78 is 6.00.